The Hall–Kier alpha value is -3.35. The molecule has 0 spiro atoms. The number of ketones is 1. The predicted molar refractivity (Wildman–Crippen MR) is 134 cm³/mol. The lowest BCUT2D eigenvalue weighted by Crippen LogP contribution is -2.18. The van der Waals surface area contributed by atoms with Gasteiger partial charge in [-0.1, -0.05) is 57.9 Å². The minimum atomic E-state index is -0.459. The van der Waals surface area contributed by atoms with Crippen LogP contribution < -0.4 is 15.0 Å². The second-order valence-electron chi connectivity index (χ2n) is 7.48. The van der Waals surface area contributed by atoms with Gasteiger partial charge in [0.05, 0.1) is 5.56 Å². The summed E-state index contributed by atoms with van der Waals surface area (Å²) in [7, 11) is 0. The Labute approximate surface area is 202 Å². The summed E-state index contributed by atoms with van der Waals surface area (Å²) in [6.45, 7) is 0.955. The molecule has 0 saturated carbocycles. The number of benzene rings is 3. The Balaban J connectivity index is 1.64. The highest BCUT2D eigenvalue weighted by molar-refractivity contribution is 9.10. The second kappa shape index (κ2) is 8.89. The van der Waals surface area contributed by atoms with Crippen LogP contribution in [-0.2, 0) is 0 Å². The summed E-state index contributed by atoms with van der Waals surface area (Å²) in [5, 5.41) is 1.21. The Morgan fingerprint density at radius 2 is 1.73 bits per heavy atom. The number of pyridine rings is 1. The number of hydrogen-bond acceptors (Lipinski definition) is 4. The molecule has 5 nitrogen and oxygen atoms in total. The molecule has 33 heavy (non-hydrogen) atoms. The van der Waals surface area contributed by atoms with Gasteiger partial charge in [-0.2, -0.15) is 0 Å². The average molecular weight is 523 g/mol. The van der Waals surface area contributed by atoms with E-state index in [1.165, 1.54) is 6.08 Å². The van der Waals surface area contributed by atoms with E-state index in [0.717, 1.165) is 15.6 Å². The number of carbonyl (C=O) groups is 1. The maximum Gasteiger partial charge on any atom is 0.260 e. The number of H-pyrrole nitrogens is 1. The summed E-state index contributed by atoms with van der Waals surface area (Å²) in [5.74, 6) is 0.837. The highest BCUT2D eigenvalue weighted by atomic mass is 79.9. The van der Waals surface area contributed by atoms with Gasteiger partial charge in [0, 0.05) is 26.0 Å². The normalized spacial score (nSPS) is 12.9. The molecule has 0 atom stereocenters. The van der Waals surface area contributed by atoms with Crippen molar-refractivity contribution >= 4 is 50.3 Å². The average Bonchev–Trinajstić information content (AvgIpc) is 2.82. The van der Waals surface area contributed by atoms with Crippen LogP contribution in [0.1, 0.15) is 15.9 Å². The van der Waals surface area contributed by atoms with Gasteiger partial charge in [0.25, 0.3) is 5.56 Å². The van der Waals surface area contributed by atoms with Gasteiger partial charge in [-0.3, -0.25) is 9.59 Å². The van der Waals surface area contributed by atoms with Crippen molar-refractivity contribution in [1.82, 2.24) is 4.98 Å². The van der Waals surface area contributed by atoms with Crippen molar-refractivity contribution in [3.63, 3.8) is 0 Å². The van der Waals surface area contributed by atoms with E-state index in [0.29, 0.717) is 46.2 Å². The van der Waals surface area contributed by atoms with Gasteiger partial charge in [-0.15, -0.1) is 0 Å². The van der Waals surface area contributed by atoms with Crippen LogP contribution in [0.4, 0.5) is 0 Å². The molecular formula is C26H17BrClNO4. The molecular weight excluding hydrogens is 506 g/mol. The second-order valence-corrected chi connectivity index (χ2v) is 8.77. The van der Waals surface area contributed by atoms with Crippen LogP contribution in [0.15, 0.2) is 76.0 Å². The predicted octanol–water partition coefficient (Wildman–Crippen LogP) is 6.28. The zero-order chi connectivity index (χ0) is 22.9. The molecule has 1 aromatic heterocycles. The van der Waals surface area contributed by atoms with Crippen molar-refractivity contribution in [3.8, 4) is 22.6 Å². The quantitative estimate of drug-likeness (QED) is 0.253. The SMILES string of the molecule is O=C(C=Cc1cc2c(cc1Br)OCCO2)c1c(-c2ccccc2)c2cc(Cl)ccc2[nH]c1=O. The summed E-state index contributed by atoms with van der Waals surface area (Å²) in [5.41, 5.74) is 2.24. The molecule has 1 aliphatic rings. The van der Waals surface area contributed by atoms with Crippen molar-refractivity contribution in [1.29, 1.82) is 0 Å². The first-order valence-corrected chi connectivity index (χ1v) is 11.4. The van der Waals surface area contributed by atoms with Gasteiger partial charge in [0.2, 0.25) is 0 Å². The first-order valence-electron chi connectivity index (χ1n) is 10.2. The molecule has 1 aliphatic heterocycles. The summed E-state index contributed by atoms with van der Waals surface area (Å²) in [6, 6.07) is 18.1. The molecule has 3 aromatic carbocycles. The Kier molecular flexibility index (Phi) is 5.79. The van der Waals surface area contributed by atoms with Gasteiger partial charge >= 0.3 is 0 Å². The van der Waals surface area contributed by atoms with E-state index < -0.39 is 11.3 Å². The summed E-state index contributed by atoms with van der Waals surface area (Å²) in [6.07, 6.45) is 3.05. The number of allylic oxidation sites excluding steroid dienone is 1. The Morgan fingerprint density at radius 1 is 1.00 bits per heavy atom. The smallest absolute Gasteiger partial charge is 0.260 e. The van der Waals surface area contributed by atoms with Crippen LogP contribution >= 0.6 is 27.5 Å². The van der Waals surface area contributed by atoms with E-state index in [-0.39, 0.29) is 5.56 Å². The van der Waals surface area contributed by atoms with Crippen molar-refractivity contribution in [2.24, 2.45) is 0 Å². The standard InChI is InChI=1S/C26H17BrClNO4/c27-19-14-23-22(32-10-11-33-23)12-16(19)6-9-21(30)25-24(15-4-2-1-3-5-15)18-13-17(28)7-8-20(18)29-26(25)31/h1-9,12-14H,10-11H2,(H,29,31). The van der Waals surface area contributed by atoms with Gasteiger partial charge in [-0.05, 0) is 53.6 Å². The van der Waals surface area contributed by atoms with Crippen LogP contribution in [0, 0.1) is 0 Å². The summed E-state index contributed by atoms with van der Waals surface area (Å²) in [4.78, 5) is 29.2. The molecule has 0 fully saturated rings. The molecule has 1 N–H and O–H groups in total. The maximum absolute atomic E-state index is 13.4. The van der Waals surface area contributed by atoms with Crippen molar-refractivity contribution in [2.45, 2.75) is 0 Å². The van der Waals surface area contributed by atoms with Crippen LogP contribution in [0.3, 0.4) is 0 Å². The molecule has 0 radical (unpaired) electrons. The van der Waals surface area contributed by atoms with E-state index in [4.69, 9.17) is 21.1 Å². The molecule has 0 unspecified atom stereocenters. The maximum atomic E-state index is 13.4. The molecule has 4 aromatic rings. The lowest BCUT2D eigenvalue weighted by molar-refractivity contribution is 0.104. The number of halogens is 2. The van der Waals surface area contributed by atoms with E-state index >= 15 is 0 Å². The zero-order valence-corrected chi connectivity index (χ0v) is 19.6. The molecule has 164 valence electrons. The molecule has 2 heterocycles. The molecule has 7 heteroatoms. The summed E-state index contributed by atoms with van der Waals surface area (Å²) < 4.78 is 12.0. The van der Waals surface area contributed by atoms with Crippen LogP contribution in [0.25, 0.3) is 28.1 Å². The topological polar surface area (TPSA) is 68.4 Å². The number of aromatic nitrogens is 1. The van der Waals surface area contributed by atoms with Gasteiger partial charge in [-0.25, -0.2) is 0 Å². The number of nitrogens with one attached hydrogen (secondary N) is 1. The van der Waals surface area contributed by atoms with Crippen LogP contribution in [-0.4, -0.2) is 24.0 Å². The largest absolute Gasteiger partial charge is 0.486 e. The Morgan fingerprint density at radius 3 is 2.48 bits per heavy atom. The van der Waals surface area contributed by atoms with Gasteiger partial charge in [0.1, 0.15) is 13.2 Å². The lowest BCUT2D eigenvalue weighted by Gasteiger charge is -2.19. The first kappa shape index (κ1) is 21.5. The van der Waals surface area contributed by atoms with Crippen molar-refractivity contribution in [2.75, 3.05) is 13.2 Å². The number of ether oxygens (including phenoxy) is 2. The fourth-order valence-electron chi connectivity index (χ4n) is 3.86. The number of fused-ring (bicyclic) bond motifs is 2. The van der Waals surface area contributed by atoms with E-state index in [1.807, 2.05) is 30.3 Å². The van der Waals surface area contributed by atoms with E-state index in [2.05, 4.69) is 20.9 Å². The molecule has 0 amide bonds. The van der Waals surface area contributed by atoms with Crippen LogP contribution in [0.2, 0.25) is 5.02 Å². The molecule has 0 aliphatic carbocycles. The monoisotopic (exact) mass is 521 g/mol. The minimum Gasteiger partial charge on any atom is -0.486 e. The van der Waals surface area contributed by atoms with Crippen molar-refractivity contribution < 1.29 is 14.3 Å². The van der Waals surface area contributed by atoms with Crippen LogP contribution in [0.5, 0.6) is 11.5 Å². The third kappa shape index (κ3) is 4.19. The number of rotatable bonds is 4. The lowest BCUT2D eigenvalue weighted by atomic mass is 9.94. The number of aromatic amines is 1. The van der Waals surface area contributed by atoms with Gasteiger partial charge < -0.3 is 14.5 Å². The fourth-order valence-corrected chi connectivity index (χ4v) is 4.49. The Bertz CT molecular complexity index is 1480. The third-order valence-electron chi connectivity index (χ3n) is 5.36. The molecule has 0 saturated heterocycles. The van der Waals surface area contributed by atoms with Gasteiger partial charge in [0.15, 0.2) is 17.3 Å². The molecule has 0 bridgehead atoms. The highest BCUT2D eigenvalue weighted by Crippen LogP contribution is 2.36. The minimum absolute atomic E-state index is 0.0564. The zero-order valence-electron chi connectivity index (χ0n) is 17.2. The van der Waals surface area contributed by atoms with E-state index in [9.17, 15) is 9.59 Å². The molecule has 5 rings (SSSR count). The summed E-state index contributed by atoms with van der Waals surface area (Å²) >= 11 is 9.76. The first-order chi connectivity index (χ1) is 16.0. The van der Waals surface area contributed by atoms with Crippen molar-refractivity contribution in [3.05, 3.63) is 97.7 Å². The highest BCUT2D eigenvalue weighted by Gasteiger charge is 2.20. The fraction of sp³-hybridized carbons (Fsp3) is 0.0769. The van der Waals surface area contributed by atoms with E-state index in [1.54, 1.807) is 36.4 Å². The third-order valence-corrected chi connectivity index (χ3v) is 6.28. The number of hydrogen-bond donors (Lipinski definition) is 1. The number of carbonyl (C=O) groups excluding carboxylic acids is 1.